The Hall–Kier alpha value is -2.20. The van der Waals surface area contributed by atoms with E-state index in [4.69, 9.17) is 0 Å². The molecule has 0 aromatic heterocycles. The first-order valence-corrected chi connectivity index (χ1v) is 7.58. The molecule has 0 aliphatic rings. The van der Waals surface area contributed by atoms with Crippen molar-refractivity contribution in [2.45, 2.75) is 39.3 Å². The second kappa shape index (κ2) is 7.18. The summed E-state index contributed by atoms with van der Waals surface area (Å²) in [5, 5.41) is 14.5. The lowest BCUT2D eigenvalue weighted by molar-refractivity contribution is -0.384. The van der Waals surface area contributed by atoms with Crippen LogP contribution in [0.2, 0.25) is 0 Å². The first-order valence-electron chi connectivity index (χ1n) is 7.58. The van der Waals surface area contributed by atoms with Gasteiger partial charge < -0.3 is 5.32 Å². The van der Waals surface area contributed by atoms with Crippen molar-refractivity contribution in [3.63, 3.8) is 0 Å². The summed E-state index contributed by atoms with van der Waals surface area (Å²) in [6, 6.07) is 15.6. The van der Waals surface area contributed by atoms with Crippen LogP contribution in [0.4, 0.5) is 5.69 Å². The Kier molecular flexibility index (Phi) is 5.28. The van der Waals surface area contributed by atoms with Gasteiger partial charge in [0.05, 0.1) is 4.92 Å². The van der Waals surface area contributed by atoms with E-state index in [0.717, 1.165) is 12.0 Å². The molecule has 0 amide bonds. The van der Waals surface area contributed by atoms with Crippen LogP contribution < -0.4 is 5.32 Å². The fourth-order valence-corrected chi connectivity index (χ4v) is 2.56. The SMILES string of the molecule is CCC(NC(C)c1ccc(C)cc1)c1cccc([N+](=O)[O-])c1. The number of benzene rings is 2. The molecule has 0 fully saturated rings. The molecule has 2 atom stereocenters. The number of nitrogens with zero attached hydrogens (tertiary/aromatic N) is 1. The second-order valence-electron chi connectivity index (χ2n) is 5.61. The van der Waals surface area contributed by atoms with E-state index in [1.54, 1.807) is 12.1 Å². The number of rotatable bonds is 6. The van der Waals surface area contributed by atoms with Gasteiger partial charge in [-0.1, -0.05) is 48.9 Å². The number of nitro groups is 1. The summed E-state index contributed by atoms with van der Waals surface area (Å²) in [5.41, 5.74) is 3.55. The van der Waals surface area contributed by atoms with Crippen LogP contribution in [0.3, 0.4) is 0 Å². The Morgan fingerprint density at radius 2 is 1.82 bits per heavy atom. The molecule has 0 saturated carbocycles. The first kappa shape index (κ1) is 16.2. The Morgan fingerprint density at radius 1 is 1.14 bits per heavy atom. The van der Waals surface area contributed by atoms with E-state index in [9.17, 15) is 10.1 Å². The number of nitrogens with one attached hydrogen (secondary N) is 1. The van der Waals surface area contributed by atoms with Gasteiger partial charge in [-0.15, -0.1) is 0 Å². The van der Waals surface area contributed by atoms with Crippen molar-refractivity contribution in [3.05, 3.63) is 75.3 Å². The molecule has 1 N–H and O–H groups in total. The minimum absolute atomic E-state index is 0.0937. The van der Waals surface area contributed by atoms with E-state index in [0.29, 0.717) is 0 Å². The van der Waals surface area contributed by atoms with Crippen LogP contribution in [-0.2, 0) is 0 Å². The van der Waals surface area contributed by atoms with Crippen molar-refractivity contribution in [2.75, 3.05) is 0 Å². The number of hydrogen-bond acceptors (Lipinski definition) is 3. The Bertz CT molecular complexity index is 638. The molecule has 2 aromatic rings. The minimum Gasteiger partial charge on any atom is -0.303 e. The molecule has 4 nitrogen and oxygen atoms in total. The second-order valence-corrected chi connectivity index (χ2v) is 5.61. The molecule has 0 heterocycles. The lowest BCUT2D eigenvalue weighted by atomic mass is 10.0. The number of aryl methyl sites for hydroxylation is 1. The summed E-state index contributed by atoms with van der Waals surface area (Å²) in [7, 11) is 0. The largest absolute Gasteiger partial charge is 0.303 e. The summed E-state index contributed by atoms with van der Waals surface area (Å²) in [5.74, 6) is 0. The predicted molar refractivity (Wildman–Crippen MR) is 88.9 cm³/mol. The predicted octanol–water partition coefficient (Wildman–Crippen LogP) is 4.71. The Labute approximate surface area is 131 Å². The molecule has 2 unspecified atom stereocenters. The molecular weight excluding hydrogens is 276 g/mol. The monoisotopic (exact) mass is 298 g/mol. The molecule has 2 rings (SSSR count). The highest BCUT2D eigenvalue weighted by Crippen LogP contribution is 2.25. The quantitative estimate of drug-likeness (QED) is 0.621. The molecule has 2 aromatic carbocycles. The third kappa shape index (κ3) is 3.92. The third-order valence-electron chi connectivity index (χ3n) is 3.92. The van der Waals surface area contributed by atoms with Crippen LogP contribution in [0, 0.1) is 17.0 Å². The van der Waals surface area contributed by atoms with Crippen molar-refractivity contribution in [2.24, 2.45) is 0 Å². The van der Waals surface area contributed by atoms with Gasteiger partial charge in [0, 0.05) is 24.2 Å². The Morgan fingerprint density at radius 3 is 2.41 bits per heavy atom. The standard InChI is InChI=1S/C18H22N2O2/c1-4-18(16-6-5-7-17(12-16)20(21)22)19-14(3)15-10-8-13(2)9-11-15/h5-12,14,18-19H,4H2,1-3H3. The van der Waals surface area contributed by atoms with E-state index in [-0.39, 0.29) is 22.7 Å². The van der Waals surface area contributed by atoms with Gasteiger partial charge >= 0.3 is 0 Å². The highest BCUT2D eigenvalue weighted by Gasteiger charge is 2.16. The van der Waals surface area contributed by atoms with E-state index < -0.39 is 0 Å². The number of non-ortho nitro benzene ring substituents is 1. The maximum atomic E-state index is 10.9. The summed E-state index contributed by atoms with van der Waals surface area (Å²) < 4.78 is 0. The van der Waals surface area contributed by atoms with Crippen LogP contribution in [0.5, 0.6) is 0 Å². The van der Waals surface area contributed by atoms with Gasteiger partial charge in [-0.3, -0.25) is 10.1 Å². The van der Waals surface area contributed by atoms with Gasteiger partial charge in [0.25, 0.3) is 5.69 Å². The van der Waals surface area contributed by atoms with Gasteiger partial charge in [0.15, 0.2) is 0 Å². The minimum atomic E-state index is -0.348. The van der Waals surface area contributed by atoms with Gasteiger partial charge in [0.2, 0.25) is 0 Å². The average Bonchev–Trinajstić information content (AvgIpc) is 2.53. The zero-order valence-electron chi connectivity index (χ0n) is 13.2. The third-order valence-corrected chi connectivity index (χ3v) is 3.92. The maximum absolute atomic E-state index is 10.9. The molecule has 0 bridgehead atoms. The van der Waals surface area contributed by atoms with Crippen LogP contribution in [0.1, 0.15) is 49.0 Å². The molecule has 0 aliphatic carbocycles. The molecule has 116 valence electrons. The zero-order chi connectivity index (χ0) is 16.1. The van der Waals surface area contributed by atoms with Gasteiger partial charge in [-0.05, 0) is 31.4 Å². The smallest absolute Gasteiger partial charge is 0.269 e. The molecule has 4 heteroatoms. The summed E-state index contributed by atoms with van der Waals surface area (Å²) in [4.78, 5) is 10.6. The van der Waals surface area contributed by atoms with Crippen LogP contribution in [-0.4, -0.2) is 4.92 Å². The fourth-order valence-electron chi connectivity index (χ4n) is 2.56. The van der Waals surface area contributed by atoms with Crippen LogP contribution >= 0.6 is 0 Å². The van der Waals surface area contributed by atoms with E-state index in [1.807, 2.05) is 6.07 Å². The molecule has 0 saturated heterocycles. The fraction of sp³-hybridized carbons (Fsp3) is 0.333. The highest BCUT2D eigenvalue weighted by atomic mass is 16.6. The average molecular weight is 298 g/mol. The molecule has 0 aliphatic heterocycles. The van der Waals surface area contributed by atoms with Crippen LogP contribution in [0.15, 0.2) is 48.5 Å². The van der Waals surface area contributed by atoms with E-state index in [2.05, 4.69) is 50.4 Å². The van der Waals surface area contributed by atoms with E-state index >= 15 is 0 Å². The number of nitro benzene ring substituents is 1. The topological polar surface area (TPSA) is 55.2 Å². The summed E-state index contributed by atoms with van der Waals surface area (Å²) >= 11 is 0. The van der Waals surface area contributed by atoms with Gasteiger partial charge in [-0.25, -0.2) is 0 Å². The van der Waals surface area contributed by atoms with Gasteiger partial charge in [-0.2, -0.15) is 0 Å². The lowest BCUT2D eigenvalue weighted by Crippen LogP contribution is -2.24. The van der Waals surface area contributed by atoms with Crippen molar-refractivity contribution >= 4 is 5.69 Å². The van der Waals surface area contributed by atoms with Gasteiger partial charge in [0.1, 0.15) is 0 Å². The zero-order valence-corrected chi connectivity index (χ0v) is 13.2. The first-order chi connectivity index (χ1) is 10.5. The Balaban J connectivity index is 2.16. The maximum Gasteiger partial charge on any atom is 0.269 e. The van der Waals surface area contributed by atoms with Crippen molar-refractivity contribution in [1.82, 2.24) is 5.32 Å². The normalized spacial score (nSPS) is 13.6. The summed E-state index contributed by atoms with van der Waals surface area (Å²) in [6.07, 6.45) is 0.872. The van der Waals surface area contributed by atoms with Crippen molar-refractivity contribution in [3.8, 4) is 0 Å². The molecule has 0 radical (unpaired) electrons. The van der Waals surface area contributed by atoms with Crippen LogP contribution in [0.25, 0.3) is 0 Å². The van der Waals surface area contributed by atoms with Crippen molar-refractivity contribution in [1.29, 1.82) is 0 Å². The molecule has 0 spiro atoms. The summed E-state index contributed by atoms with van der Waals surface area (Å²) in [6.45, 7) is 6.27. The van der Waals surface area contributed by atoms with Crippen molar-refractivity contribution < 1.29 is 4.92 Å². The molecule has 22 heavy (non-hydrogen) atoms. The number of hydrogen-bond donors (Lipinski definition) is 1. The highest BCUT2D eigenvalue weighted by molar-refractivity contribution is 5.36. The molecular formula is C18H22N2O2. The van der Waals surface area contributed by atoms with E-state index in [1.165, 1.54) is 17.2 Å². The lowest BCUT2D eigenvalue weighted by Gasteiger charge is -2.23.